The zero-order valence-corrected chi connectivity index (χ0v) is 17.5. The molecule has 0 bridgehead atoms. The molecule has 1 N–H and O–H groups in total. The summed E-state index contributed by atoms with van der Waals surface area (Å²) in [6.07, 6.45) is 3.15. The lowest BCUT2D eigenvalue weighted by molar-refractivity contribution is -0.117. The Morgan fingerprint density at radius 3 is 2.72 bits per heavy atom. The highest BCUT2D eigenvalue weighted by Gasteiger charge is 2.17. The largest absolute Gasteiger partial charge is 0.379 e. The number of para-hydroxylation sites is 1. The summed E-state index contributed by atoms with van der Waals surface area (Å²) >= 11 is 1.36. The van der Waals surface area contributed by atoms with E-state index in [2.05, 4.69) is 15.2 Å². The van der Waals surface area contributed by atoms with E-state index < -0.39 is 0 Å². The molecule has 0 radical (unpaired) electrons. The minimum absolute atomic E-state index is 0.0440. The summed E-state index contributed by atoms with van der Waals surface area (Å²) in [7, 11) is 0. The zero-order chi connectivity index (χ0) is 20.6. The molecule has 154 valence electrons. The van der Waals surface area contributed by atoms with Gasteiger partial charge in [-0.25, -0.2) is 4.98 Å². The quantitative estimate of drug-likeness (QED) is 0.705. The molecule has 1 unspecified atom stereocenters. The van der Waals surface area contributed by atoms with Crippen LogP contribution in [0.2, 0.25) is 0 Å². The number of nitrogens with zero attached hydrogens (tertiary/aromatic N) is 3. The van der Waals surface area contributed by atoms with Crippen LogP contribution in [0, 0.1) is 0 Å². The fourth-order valence-corrected chi connectivity index (χ4v) is 3.98. The molecule has 29 heavy (non-hydrogen) atoms. The number of anilines is 2. The molecule has 1 saturated heterocycles. The van der Waals surface area contributed by atoms with Crippen molar-refractivity contribution >= 4 is 40.0 Å². The van der Waals surface area contributed by atoms with E-state index in [-0.39, 0.29) is 17.9 Å². The molecule has 0 spiro atoms. The predicted octanol–water partition coefficient (Wildman–Crippen LogP) is 2.68. The van der Waals surface area contributed by atoms with Gasteiger partial charge in [-0.15, -0.1) is 11.3 Å². The first-order chi connectivity index (χ1) is 14.0. The van der Waals surface area contributed by atoms with Gasteiger partial charge in [-0.2, -0.15) is 0 Å². The number of rotatable bonds is 7. The SMILES string of the molecule is CC(=O)N(c1ccccc1)c1nc(/C=C/C(=O)NC(C)CN2CCOCC2)cs1. The number of hydrogen-bond acceptors (Lipinski definition) is 6. The number of ether oxygens (including phenoxy) is 1. The lowest BCUT2D eigenvalue weighted by atomic mass is 10.2. The van der Waals surface area contributed by atoms with Crippen LogP contribution in [0.5, 0.6) is 0 Å². The summed E-state index contributed by atoms with van der Waals surface area (Å²) < 4.78 is 5.34. The van der Waals surface area contributed by atoms with Crippen LogP contribution in [-0.2, 0) is 14.3 Å². The van der Waals surface area contributed by atoms with E-state index >= 15 is 0 Å². The number of aromatic nitrogens is 1. The molecule has 2 heterocycles. The molecule has 1 aliphatic rings. The predicted molar refractivity (Wildman–Crippen MR) is 115 cm³/mol. The Hall–Kier alpha value is -2.55. The maximum atomic E-state index is 12.2. The maximum Gasteiger partial charge on any atom is 0.244 e. The van der Waals surface area contributed by atoms with E-state index in [1.54, 1.807) is 11.0 Å². The minimum Gasteiger partial charge on any atom is -0.379 e. The van der Waals surface area contributed by atoms with Gasteiger partial charge in [0, 0.05) is 44.1 Å². The topological polar surface area (TPSA) is 74.8 Å². The summed E-state index contributed by atoms with van der Waals surface area (Å²) in [6.45, 7) is 7.58. The smallest absolute Gasteiger partial charge is 0.244 e. The zero-order valence-electron chi connectivity index (χ0n) is 16.7. The summed E-state index contributed by atoms with van der Waals surface area (Å²) in [6, 6.07) is 9.42. The fraction of sp³-hybridized carbons (Fsp3) is 0.381. The Morgan fingerprint density at radius 2 is 2.03 bits per heavy atom. The van der Waals surface area contributed by atoms with Gasteiger partial charge in [0.2, 0.25) is 11.8 Å². The molecule has 1 aromatic heterocycles. The van der Waals surface area contributed by atoms with Gasteiger partial charge in [-0.1, -0.05) is 18.2 Å². The summed E-state index contributed by atoms with van der Waals surface area (Å²) in [5.41, 5.74) is 1.41. The van der Waals surface area contributed by atoms with E-state index in [1.165, 1.54) is 24.3 Å². The standard InChI is InChI=1S/C21H26N4O3S/c1-16(14-24-10-12-28-13-11-24)22-20(27)9-8-18-15-29-21(23-18)25(17(2)26)19-6-4-3-5-7-19/h3-9,15-16H,10-14H2,1-2H3,(H,22,27)/b9-8+. The normalized spacial score (nSPS) is 15.9. The minimum atomic E-state index is -0.160. The number of amides is 2. The Bertz CT molecular complexity index is 847. The molecule has 0 saturated carbocycles. The van der Waals surface area contributed by atoms with Crippen molar-refractivity contribution in [1.82, 2.24) is 15.2 Å². The van der Waals surface area contributed by atoms with Gasteiger partial charge in [-0.3, -0.25) is 19.4 Å². The van der Waals surface area contributed by atoms with Crippen molar-refractivity contribution in [2.24, 2.45) is 0 Å². The van der Waals surface area contributed by atoms with Crippen molar-refractivity contribution < 1.29 is 14.3 Å². The van der Waals surface area contributed by atoms with E-state index in [1.807, 2.05) is 42.6 Å². The van der Waals surface area contributed by atoms with Gasteiger partial charge in [-0.05, 0) is 25.1 Å². The van der Waals surface area contributed by atoms with Crippen molar-refractivity contribution in [3.05, 3.63) is 47.5 Å². The summed E-state index contributed by atoms with van der Waals surface area (Å²) in [5, 5.41) is 5.38. The number of hydrogen-bond donors (Lipinski definition) is 1. The molecule has 1 aliphatic heterocycles. The molecular weight excluding hydrogens is 388 g/mol. The number of benzene rings is 1. The van der Waals surface area contributed by atoms with Crippen LogP contribution in [0.1, 0.15) is 19.5 Å². The Balaban J connectivity index is 1.57. The highest BCUT2D eigenvalue weighted by molar-refractivity contribution is 7.14. The average Bonchev–Trinajstić information content (AvgIpc) is 3.16. The number of carbonyl (C=O) groups excluding carboxylic acids is 2. The molecule has 1 atom stereocenters. The number of morpholine rings is 1. The second-order valence-corrected chi connectivity index (χ2v) is 7.74. The second kappa shape index (κ2) is 10.3. The Kier molecular flexibility index (Phi) is 7.51. The first-order valence-electron chi connectivity index (χ1n) is 9.63. The lowest BCUT2D eigenvalue weighted by Gasteiger charge is -2.29. The van der Waals surface area contributed by atoms with Crippen molar-refractivity contribution in [2.45, 2.75) is 19.9 Å². The molecule has 2 amide bonds. The van der Waals surface area contributed by atoms with Gasteiger partial charge in [0.1, 0.15) is 0 Å². The molecule has 7 nitrogen and oxygen atoms in total. The number of thiazole rings is 1. The second-order valence-electron chi connectivity index (χ2n) is 6.90. The highest BCUT2D eigenvalue weighted by Crippen LogP contribution is 2.28. The lowest BCUT2D eigenvalue weighted by Crippen LogP contribution is -2.45. The van der Waals surface area contributed by atoms with Gasteiger partial charge in [0.15, 0.2) is 5.13 Å². The molecular formula is C21H26N4O3S. The van der Waals surface area contributed by atoms with Gasteiger partial charge in [0.05, 0.1) is 24.6 Å². The van der Waals surface area contributed by atoms with Crippen LogP contribution in [0.25, 0.3) is 6.08 Å². The molecule has 3 rings (SSSR count). The fourth-order valence-electron chi connectivity index (χ4n) is 3.13. The third-order valence-corrected chi connectivity index (χ3v) is 5.30. The average molecular weight is 415 g/mol. The highest BCUT2D eigenvalue weighted by atomic mass is 32.1. The number of carbonyl (C=O) groups is 2. The van der Waals surface area contributed by atoms with Crippen LogP contribution >= 0.6 is 11.3 Å². The molecule has 2 aromatic rings. The van der Waals surface area contributed by atoms with Crippen LogP contribution in [0.3, 0.4) is 0 Å². The van der Waals surface area contributed by atoms with E-state index in [0.717, 1.165) is 38.5 Å². The Morgan fingerprint density at radius 1 is 1.31 bits per heavy atom. The van der Waals surface area contributed by atoms with E-state index in [4.69, 9.17) is 4.74 Å². The molecule has 8 heteroatoms. The third-order valence-electron chi connectivity index (χ3n) is 4.46. The number of nitrogens with one attached hydrogen (secondary N) is 1. The summed E-state index contributed by atoms with van der Waals surface area (Å²) in [4.78, 5) is 32.6. The van der Waals surface area contributed by atoms with Crippen molar-refractivity contribution in [3.8, 4) is 0 Å². The molecule has 1 aromatic carbocycles. The van der Waals surface area contributed by atoms with Crippen LogP contribution in [0.15, 0.2) is 41.8 Å². The van der Waals surface area contributed by atoms with E-state index in [9.17, 15) is 9.59 Å². The molecule has 0 aliphatic carbocycles. The van der Waals surface area contributed by atoms with Gasteiger partial charge >= 0.3 is 0 Å². The first kappa shape index (κ1) is 21.2. The first-order valence-corrected chi connectivity index (χ1v) is 10.5. The van der Waals surface area contributed by atoms with Crippen LogP contribution in [-0.4, -0.2) is 60.6 Å². The van der Waals surface area contributed by atoms with Crippen LogP contribution in [0.4, 0.5) is 10.8 Å². The van der Waals surface area contributed by atoms with Crippen molar-refractivity contribution in [2.75, 3.05) is 37.7 Å². The van der Waals surface area contributed by atoms with Crippen LogP contribution < -0.4 is 10.2 Å². The maximum absolute atomic E-state index is 12.2. The monoisotopic (exact) mass is 414 g/mol. The molecule has 1 fully saturated rings. The van der Waals surface area contributed by atoms with Gasteiger partial charge < -0.3 is 10.1 Å². The van der Waals surface area contributed by atoms with Crippen molar-refractivity contribution in [3.63, 3.8) is 0 Å². The Labute approximate surface area is 175 Å². The van der Waals surface area contributed by atoms with E-state index in [0.29, 0.717) is 10.8 Å². The summed E-state index contributed by atoms with van der Waals surface area (Å²) in [5.74, 6) is -0.275. The van der Waals surface area contributed by atoms with Gasteiger partial charge in [0.25, 0.3) is 0 Å². The third kappa shape index (κ3) is 6.22. The van der Waals surface area contributed by atoms with Crippen molar-refractivity contribution in [1.29, 1.82) is 0 Å².